The van der Waals surface area contributed by atoms with Crippen molar-refractivity contribution in [3.8, 4) is 0 Å². The normalized spacial score (nSPS) is 19.5. The number of anilines is 2. The topological polar surface area (TPSA) is 55.6 Å². The van der Waals surface area contributed by atoms with Gasteiger partial charge in [0.1, 0.15) is 0 Å². The van der Waals surface area contributed by atoms with Crippen LogP contribution in [-0.4, -0.2) is 25.7 Å². The molecule has 18 heavy (non-hydrogen) atoms. The minimum absolute atomic E-state index is 0.0764. The lowest BCUT2D eigenvalue weighted by Gasteiger charge is -2.25. The van der Waals surface area contributed by atoms with Crippen LogP contribution in [-0.2, 0) is 9.53 Å². The third kappa shape index (κ3) is 3.23. The molecule has 0 saturated carbocycles. The van der Waals surface area contributed by atoms with Crippen molar-refractivity contribution in [2.45, 2.75) is 31.8 Å². The van der Waals surface area contributed by atoms with E-state index in [1.165, 1.54) is 0 Å². The molecule has 1 saturated heterocycles. The van der Waals surface area contributed by atoms with Crippen molar-refractivity contribution in [1.82, 2.24) is 0 Å². The Morgan fingerprint density at radius 3 is 3.00 bits per heavy atom. The lowest BCUT2D eigenvalue weighted by molar-refractivity contribution is -0.122. The van der Waals surface area contributed by atoms with Crippen molar-refractivity contribution < 1.29 is 9.53 Å². The summed E-state index contributed by atoms with van der Waals surface area (Å²) in [7, 11) is 1.78. The molecule has 0 radical (unpaired) electrons. The third-order valence-electron chi connectivity index (χ3n) is 3.31. The molecule has 0 aromatic heterocycles. The fourth-order valence-corrected chi connectivity index (χ4v) is 2.18. The summed E-state index contributed by atoms with van der Waals surface area (Å²) in [4.78, 5) is 13.8. The van der Waals surface area contributed by atoms with Crippen LogP contribution in [0.1, 0.15) is 25.7 Å². The number of benzene rings is 1. The Morgan fingerprint density at radius 1 is 1.50 bits per heavy atom. The molecule has 1 aliphatic rings. The average Bonchev–Trinajstić information content (AvgIpc) is 2.39. The number of carbonyl (C=O) groups excluding carboxylic acids is 1. The van der Waals surface area contributed by atoms with Crippen molar-refractivity contribution in [2.75, 3.05) is 24.3 Å². The van der Waals surface area contributed by atoms with Gasteiger partial charge in [0.15, 0.2) is 0 Å². The number of hydrogen-bond donors (Lipinski definition) is 1. The van der Waals surface area contributed by atoms with E-state index in [0.29, 0.717) is 12.1 Å². The van der Waals surface area contributed by atoms with E-state index in [2.05, 4.69) is 0 Å². The molecule has 0 bridgehead atoms. The maximum absolute atomic E-state index is 12.1. The second-order valence-electron chi connectivity index (χ2n) is 4.74. The molecule has 98 valence electrons. The number of ether oxygens (including phenoxy) is 1. The smallest absolute Gasteiger partial charge is 0.229 e. The van der Waals surface area contributed by atoms with E-state index in [4.69, 9.17) is 10.5 Å². The second kappa shape index (κ2) is 5.87. The molecule has 1 unspecified atom stereocenters. The first-order valence-electron chi connectivity index (χ1n) is 6.40. The predicted molar refractivity (Wildman–Crippen MR) is 72.5 cm³/mol. The highest BCUT2D eigenvalue weighted by atomic mass is 16.5. The summed E-state index contributed by atoms with van der Waals surface area (Å²) in [5.74, 6) is 0.0764. The molecule has 4 heteroatoms. The molecular formula is C14H20N2O2. The molecule has 1 fully saturated rings. The summed E-state index contributed by atoms with van der Waals surface area (Å²) in [6.07, 6.45) is 3.77. The van der Waals surface area contributed by atoms with Gasteiger partial charge in [0, 0.05) is 25.0 Å². The van der Waals surface area contributed by atoms with Gasteiger partial charge in [0.2, 0.25) is 5.91 Å². The number of amides is 1. The Balaban J connectivity index is 1.95. The molecular weight excluding hydrogens is 228 g/mol. The lowest BCUT2D eigenvalue weighted by Crippen LogP contribution is -2.32. The summed E-state index contributed by atoms with van der Waals surface area (Å²) in [6.45, 7) is 0.778. The van der Waals surface area contributed by atoms with Crippen LogP contribution in [0.25, 0.3) is 0 Å². The van der Waals surface area contributed by atoms with E-state index in [1.54, 1.807) is 18.0 Å². The summed E-state index contributed by atoms with van der Waals surface area (Å²) in [5.41, 5.74) is 7.22. The van der Waals surface area contributed by atoms with Crippen molar-refractivity contribution in [2.24, 2.45) is 0 Å². The van der Waals surface area contributed by atoms with Gasteiger partial charge in [-0.25, -0.2) is 0 Å². The van der Waals surface area contributed by atoms with E-state index in [0.717, 1.165) is 31.6 Å². The molecule has 1 aliphatic heterocycles. The van der Waals surface area contributed by atoms with Gasteiger partial charge in [-0.05, 0) is 37.5 Å². The number of nitrogen functional groups attached to an aromatic ring is 1. The third-order valence-corrected chi connectivity index (χ3v) is 3.31. The van der Waals surface area contributed by atoms with Crippen LogP contribution in [0.15, 0.2) is 24.3 Å². The van der Waals surface area contributed by atoms with Crippen LogP contribution in [0, 0.1) is 0 Å². The molecule has 0 spiro atoms. The van der Waals surface area contributed by atoms with Crippen LogP contribution in [0.2, 0.25) is 0 Å². The molecule has 1 aromatic rings. The van der Waals surface area contributed by atoms with E-state index in [1.807, 2.05) is 18.2 Å². The first-order valence-corrected chi connectivity index (χ1v) is 6.40. The molecule has 1 atom stereocenters. The monoisotopic (exact) mass is 248 g/mol. The van der Waals surface area contributed by atoms with Crippen molar-refractivity contribution in [1.29, 1.82) is 0 Å². The van der Waals surface area contributed by atoms with Gasteiger partial charge < -0.3 is 15.4 Å². The van der Waals surface area contributed by atoms with Crippen LogP contribution in [0.3, 0.4) is 0 Å². The van der Waals surface area contributed by atoms with E-state index >= 15 is 0 Å². The maximum Gasteiger partial charge on any atom is 0.229 e. The van der Waals surface area contributed by atoms with Crippen LogP contribution in [0.4, 0.5) is 11.4 Å². The molecule has 2 rings (SSSR count). The Hall–Kier alpha value is -1.55. The highest BCUT2D eigenvalue weighted by Gasteiger charge is 2.20. The molecule has 1 amide bonds. The van der Waals surface area contributed by atoms with Crippen molar-refractivity contribution in [3.05, 3.63) is 24.3 Å². The number of nitrogens with zero attached hydrogens (tertiary/aromatic N) is 1. The average molecular weight is 248 g/mol. The summed E-state index contributed by atoms with van der Waals surface area (Å²) in [5, 5.41) is 0. The quantitative estimate of drug-likeness (QED) is 0.834. The first kappa shape index (κ1) is 12.9. The zero-order valence-corrected chi connectivity index (χ0v) is 10.8. The van der Waals surface area contributed by atoms with Crippen LogP contribution in [0.5, 0.6) is 0 Å². The highest BCUT2D eigenvalue weighted by Crippen LogP contribution is 2.20. The van der Waals surface area contributed by atoms with E-state index in [-0.39, 0.29) is 12.0 Å². The SMILES string of the molecule is CN(C(=O)CC1CCCCO1)c1cccc(N)c1. The molecule has 1 heterocycles. The van der Waals surface area contributed by atoms with Crippen LogP contribution < -0.4 is 10.6 Å². The largest absolute Gasteiger partial charge is 0.399 e. The van der Waals surface area contributed by atoms with Gasteiger partial charge in [0.05, 0.1) is 12.5 Å². The number of hydrogen-bond acceptors (Lipinski definition) is 3. The summed E-state index contributed by atoms with van der Waals surface area (Å²) >= 11 is 0. The predicted octanol–water partition coefficient (Wildman–Crippen LogP) is 2.19. The maximum atomic E-state index is 12.1. The Kier molecular flexibility index (Phi) is 4.20. The Morgan fingerprint density at radius 2 is 2.33 bits per heavy atom. The van der Waals surface area contributed by atoms with E-state index < -0.39 is 0 Å². The minimum Gasteiger partial charge on any atom is -0.399 e. The minimum atomic E-state index is 0.0764. The number of nitrogens with two attached hydrogens (primary N) is 1. The van der Waals surface area contributed by atoms with Crippen molar-refractivity contribution >= 4 is 17.3 Å². The van der Waals surface area contributed by atoms with Gasteiger partial charge in [-0.1, -0.05) is 6.07 Å². The standard InChI is InChI=1S/C14H20N2O2/c1-16(12-6-4-5-11(15)9-12)14(17)10-13-7-2-3-8-18-13/h4-6,9,13H,2-3,7-8,10,15H2,1H3. The van der Waals surface area contributed by atoms with Gasteiger partial charge in [0.25, 0.3) is 0 Å². The lowest BCUT2D eigenvalue weighted by atomic mass is 10.1. The fraction of sp³-hybridized carbons (Fsp3) is 0.500. The zero-order chi connectivity index (χ0) is 13.0. The second-order valence-corrected chi connectivity index (χ2v) is 4.74. The molecule has 0 aliphatic carbocycles. The van der Waals surface area contributed by atoms with Gasteiger partial charge >= 0.3 is 0 Å². The molecule has 4 nitrogen and oxygen atoms in total. The summed E-state index contributed by atoms with van der Waals surface area (Å²) < 4.78 is 5.59. The van der Waals surface area contributed by atoms with Gasteiger partial charge in [-0.15, -0.1) is 0 Å². The van der Waals surface area contributed by atoms with Gasteiger partial charge in [-0.3, -0.25) is 4.79 Å². The Labute approximate surface area is 108 Å². The first-order chi connectivity index (χ1) is 8.66. The number of carbonyl (C=O) groups is 1. The fourth-order valence-electron chi connectivity index (χ4n) is 2.18. The van der Waals surface area contributed by atoms with E-state index in [9.17, 15) is 4.79 Å². The Bertz CT molecular complexity index is 414. The molecule has 1 aromatic carbocycles. The van der Waals surface area contributed by atoms with Crippen LogP contribution >= 0.6 is 0 Å². The zero-order valence-electron chi connectivity index (χ0n) is 10.8. The van der Waals surface area contributed by atoms with Gasteiger partial charge in [-0.2, -0.15) is 0 Å². The van der Waals surface area contributed by atoms with Crippen molar-refractivity contribution in [3.63, 3.8) is 0 Å². The highest BCUT2D eigenvalue weighted by molar-refractivity contribution is 5.93. The molecule has 2 N–H and O–H groups in total. The summed E-state index contributed by atoms with van der Waals surface area (Å²) in [6, 6.07) is 7.35. The number of rotatable bonds is 3.